The van der Waals surface area contributed by atoms with Gasteiger partial charge in [-0.2, -0.15) is 0 Å². The molecule has 0 amide bonds. The molecule has 0 heterocycles. The summed E-state index contributed by atoms with van der Waals surface area (Å²) in [6.45, 7) is 11.4. The molecule has 2 atom stereocenters. The number of ether oxygens (including phenoxy) is 3. The monoisotopic (exact) mass is 372 g/mol. The first-order valence-electron chi connectivity index (χ1n) is 9.42. The van der Waals surface area contributed by atoms with E-state index in [4.69, 9.17) is 14.2 Å². The lowest BCUT2D eigenvalue weighted by Gasteiger charge is -2.28. The first-order chi connectivity index (χ1) is 12.3. The van der Waals surface area contributed by atoms with Crippen molar-refractivity contribution in [3.63, 3.8) is 0 Å². The van der Waals surface area contributed by atoms with E-state index in [0.717, 1.165) is 25.7 Å². The lowest BCUT2D eigenvalue weighted by Crippen LogP contribution is -2.26. The third-order valence-corrected chi connectivity index (χ3v) is 5.14. The molecule has 2 unspecified atom stereocenters. The molecule has 1 rings (SSSR count). The molecule has 26 heavy (non-hydrogen) atoms. The van der Waals surface area contributed by atoms with Crippen molar-refractivity contribution in [1.82, 2.24) is 0 Å². The maximum absolute atomic E-state index is 14.1. The quantitative estimate of drug-likeness (QED) is 0.272. The molecular weight excluding hydrogens is 338 g/mol. The van der Waals surface area contributed by atoms with Crippen LogP contribution in [0.4, 0.5) is 8.78 Å². The van der Waals surface area contributed by atoms with Crippen molar-refractivity contribution in [3.05, 3.63) is 35.6 Å². The van der Waals surface area contributed by atoms with Crippen molar-refractivity contribution >= 4 is 0 Å². The van der Waals surface area contributed by atoms with E-state index in [1.54, 1.807) is 6.92 Å². The molecule has 1 aliphatic carbocycles. The molecule has 1 saturated carbocycles. The fourth-order valence-corrected chi connectivity index (χ4v) is 2.88. The van der Waals surface area contributed by atoms with Gasteiger partial charge < -0.3 is 14.2 Å². The minimum atomic E-state index is -0.955. The average molecular weight is 372 g/mol. The zero-order valence-electron chi connectivity index (χ0n) is 16.8. The fraction of sp³-hybridized carbons (Fsp3) is 0.714. The van der Waals surface area contributed by atoms with Gasteiger partial charge in [0.2, 0.25) is 0 Å². The Balaban J connectivity index is 2.39. The van der Waals surface area contributed by atoms with Crippen molar-refractivity contribution in [2.75, 3.05) is 20.3 Å². The van der Waals surface area contributed by atoms with E-state index in [-0.39, 0.29) is 23.9 Å². The molecule has 0 aromatic rings. The second-order valence-corrected chi connectivity index (χ2v) is 7.22. The van der Waals surface area contributed by atoms with Crippen molar-refractivity contribution in [1.29, 1.82) is 0 Å². The van der Waals surface area contributed by atoms with Gasteiger partial charge in [0.05, 0.1) is 32.5 Å². The molecule has 150 valence electrons. The van der Waals surface area contributed by atoms with E-state index in [2.05, 4.69) is 6.58 Å². The second-order valence-electron chi connectivity index (χ2n) is 7.22. The number of methoxy groups -OCH3 is 1. The third kappa shape index (κ3) is 7.20. The van der Waals surface area contributed by atoms with E-state index < -0.39 is 11.7 Å². The second kappa shape index (κ2) is 11.5. The summed E-state index contributed by atoms with van der Waals surface area (Å²) in [6.07, 6.45) is 6.59. The largest absolute Gasteiger partial charge is 0.498 e. The van der Waals surface area contributed by atoms with Crippen molar-refractivity contribution in [3.8, 4) is 0 Å². The van der Waals surface area contributed by atoms with Gasteiger partial charge >= 0.3 is 0 Å². The molecule has 0 aliphatic heterocycles. The summed E-state index contributed by atoms with van der Waals surface area (Å²) in [7, 11) is 1.32. The zero-order chi connectivity index (χ0) is 19.7. The molecule has 0 saturated heterocycles. The van der Waals surface area contributed by atoms with Crippen molar-refractivity contribution in [2.24, 2.45) is 11.8 Å². The molecule has 0 N–H and O–H groups in total. The molecule has 1 fully saturated rings. The molecule has 0 bridgehead atoms. The van der Waals surface area contributed by atoms with Crippen LogP contribution in [0.2, 0.25) is 0 Å². The molecule has 3 nitrogen and oxygen atoms in total. The van der Waals surface area contributed by atoms with Crippen LogP contribution in [0, 0.1) is 11.8 Å². The third-order valence-electron chi connectivity index (χ3n) is 5.14. The van der Waals surface area contributed by atoms with Crippen LogP contribution < -0.4 is 0 Å². The Labute approximate surface area is 157 Å². The van der Waals surface area contributed by atoms with Gasteiger partial charge in [0, 0.05) is 5.92 Å². The number of allylic oxidation sites excluding steroid dienone is 4. The Hall–Kier alpha value is -1.20. The van der Waals surface area contributed by atoms with Crippen LogP contribution in [0.3, 0.4) is 0 Å². The topological polar surface area (TPSA) is 27.7 Å². The van der Waals surface area contributed by atoms with Gasteiger partial charge in [-0.05, 0) is 57.9 Å². The van der Waals surface area contributed by atoms with Crippen LogP contribution in [0.15, 0.2) is 35.6 Å². The minimum absolute atomic E-state index is 0.0667. The standard InChI is InChI=1S/C21H34F2O3/c1-7-18-8-10-19(11-9-18)26-13-15(3)25-12-14(2)16(4)20(22)21(23)17(5)24-6/h7,14-15,18-19H,1,8-13H2,2-6H3/b20-16-,21-17-. The molecule has 0 spiro atoms. The van der Waals surface area contributed by atoms with E-state index in [0.29, 0.717) is 24.7 Å². The van der Waals surface area contributed by atoms with Crippen LogP contribution in [-0.4, -0.2) is 32.5 Å². The summed E-state index contributed by atoms with van der Waals surface area (Å²) in [5.74, 6) is -1.52. The van der Waals surface area contributed by atoms with Crippen LogP contribution in [0.25, 0.3) is 0 Å². The first-order valence-corrected chi connectivity index (χ1v) is 9.42. The van der Waals surface area contributed by atoms with Gasteiger partial charge in [-0.1, -0.05) is 13.0 Å². The van der Waals surface area contributed by atoms with Gasteiger partial charge in [-0.3, -0.25) is 0 Å². The normalized spacial score (nSPS) is 25.0. The van der Waals surface area contributed by atoms with Gasteiger partial charge in [0.15, 0.2) is 11.7 Å². The number of halogens is 2. The van der Waals surface area contributed by atoms with E-state index in [1.165, 1.54) is 14.0 Å². The van der Waals surface area contributed by atoms with Crippen LogP contribution in [0.5, 0.6) is 0 Å². The SMILES string of the molecule is C=CC1CCC(OCC(C)OCC(C)/C(C)=C(F)/C(F)=C(\C)OC)CC1. The summed E-state index contributed by atoms with van der Waals surface area (Å²) >= 11 is 0. The van der Waals surface area contributed by atoms with Crippen molar-refractivity contribution in [2.45, 2.75) is 65.6 Å². The Morgan fingerprint density at radius 1 is 1.08 bits per heavy atom. The minimum Gasteiger partial charge on any atom is -0.498 e. The Kier molecular flexibility index (Phi) is 10.1. The number of rotatable bonds is 10. The van der Waals surface area contributed by atoms with Crippen LogP contribution in [-0.2, 0) is 14.2 Å². The molecule has 0 aromatic heterocycles. The smallest absolute Gasteiger partial charge is 0.195 e. The Bertz CT molecular complexity index is 505. The molecule has 0 radical (unpaired) electrons. The molecule has 0 aromatic carbocycles. The highest BCUT2D eigenvalue weighted by Gasteiger charge is 2.21. The summed E-state index contributed by atoms with van der Waals surface area (Å²) in [5.41, 5.74) is 0.315. The van der Waals surface area contributed by atoms with Gasteiger partial charge in [0.25, 0.3) is 0 Å². The maximum Gasteiger partial charge on any atom is 0.195 e. The van der Waals surface area contributed by atoms with E-state index >= 15 is 0 Å². The first kappa shape index (κ1) is 22.8. The Morgan fingerprint density at radius 2 is 1.69 bits per heavy atom. The van der Waals surface area contributed by atoms with Crippen molar-refractivity contribution < 1.29 is 23.0 Å². The highest BCUT2D eigenvalue weighted by Crippen LogP contribution is 2.28. The van der Waals surface area contributed by atoms with Gasteiger partial charge in [0.1, 0.15) is 5.76 Å². The van der Waals surface area contributed by atoms with Gasteiger partial charge in [-0.15, -0.1) is 6.58 Å². The predicted octanol–water partition coefficient (Wildman–Crippen LogP) is 5.88. The number of hydrogen-bond donors (Lipinski definition) is 0. The highest BCUT2D eigenvalue weighted by atomic mass is 19.2. The zero-order valence-corrected chi connectivity index (χ0v) is 16.8. The van der Waals surface area contributed by atoms with Crippen LogP contribution in [0.1, 0.15) is 53.4 Å². The molecule has 5 heteroatoms. The lowest BCUT2D eigenvalue weighted by molar-refractivity contribution is -0.0530. The van der Waals surface area contributed by atoms with Crippen LogP contribution >= 0.6 is 0 Å². The summed E-state index contributed by atoms with van der Waals surface area (Å²) in [6, 6.07) is 0. The molecular formula is C21H34F2O3. The predicted molar refractivity (Wildman–Crippen MR) is 101 cm³/mol. The number of hydrogen-bond acceptors (Lipinski definition) is 3. The average Bonchev–Trinajstić information content (AvgIpc) is 2.68. The lowest BCUT2D eigenvalue weighted by atomic mass is 9.87. The highest BCUT2D eigenvalue weighted by molar-refractivity contribution is 5.27. The molecule has 1 aliphatic rings. The van der Waals surface area contributed by atoms with E-state index in [1.807, 2.05) is 19.9 Å². The fourth-order valence-electron chi connectivity index (χ4n) is 2.88. The van der Waals surface area contributed by atoms with Gasteiger partial charge in [-0.25, -0.2) is 8.78 Å². The van der Waals surface area contributed by atoms with E-state index in [9.17, 15) is 8.78 Å². The summed E-state index contributed by atoms with van der Waals surface area (Å²) in [4.78, 5) is 0. The summed E-state index contributed by atoms with van der Waals surface area (Å²) < 4.78 is 44.4. The maximum atomic E-state index is 14.1. The summed E-state index contributed by atoms with van der Waals surface area (Å²) in [5, 5.41) is 0. The Morgan fingerprint density at radius 3 is 2.23 bits per heavy atom.